The summed E-state index contributed by atoms with van der Waals surface area (Å²) in [6.07, 6.45) is 1.82. The fourth-order valence-electron chi connectivity index (χ4n) is 2.55. The minimum Gasteiger partial charge on any atom is -0.494 e. The molecule has 0 fully saturated rings. The van der Waals surface area contributed by atoms with Crippen molar-refractivity contribution in [1.82, 2.24) is 9.78 Å². The molecule has 1 aromatic heterocycles. The monoisotopic (exact) mass is 308 g/mol. The second-order valence-electron chi connectivity index (χ2n) is 5.07. The van der Waals surface area contributed by atoms with Gasteiger partial charge in [0.1, 0.15) is 11.4 Å². The van der Waals surface area contributed by atoms with E-state index in [4.69, 9.17) is 10.5 Å². The molecule has 3 rings (SSSR count). The molecule has 0 bridgehead atoms. The fraction of sp³-hybridized carbons (Fsp3) is 0.167. The lowest BCUT2D eigenvalue weighted by molar-refractivity contribution is 0.412. The van der Waals surface area contributed by atoms with Gasteiger partial charge in [-0.25, -0.2) is 4.68 Å². The number of nitrogens with two attached hydrogens (primary N) is 1. The number of nitrogens with zero attached hydrogens (tertiary/aromatic N) is 2. The summed E-state index contributed by atoms with van der Waals surface area (Å²) in [6.45, 7) is 1.26. The Hall–Kier alpha value is -2.79. The van der Waals surface area contributed by atoms with Crippen LogP contribution in [0.4, 0.5) is 5.69 Å². The first-order valence-corrected chi connectivity index (χ1v) is 7.56. The number of nitrogens with one attached hydrogen (secondary N) is 1. The number of methoxy groups -OCH3 is 1. The highest BCUT2D eigenvalue weighted by atomic mass is 16.5. The zero-order valence-corrected chi connectivity index (χ0v) is 13.1. The quantitative estimate of drug-likeness (QED) is 0.735. The van der Waals surface area contributed by atoms with Crippen LogP contribution in [0.5, 0.6) is 5.75 Å². The highest BCUT2D eigenvalue weighted by molar-refractivity contribution is 5.76. The van der Waals surface area contributed by atoms with Crippen molar-refractivity contribution in [1.29, 1.82) is 0 Å². The van der Waals surface area contributed by atoms with Gasteiger partial charge in [0.15, 0.2) is 0 Å². The predicted octanol–water partition coefficient (Wildman–Crippen LogP) is 2.92. The van der Waals surface area contributed by atoms with Gasteiger partial charge < -0.3 is 15.8 Å². The molecule has 0 atom stereocenters. The molecule has 23 heavy (non-hydrogen) atoms. The van der Waals surface area contributed by atoms with Crippen LogP contribution >= 0.6 is 0 Å². The van der Waals surface area contributed by atoms with Crippen LogP contribution in [0, 0.1) is 0 Å². The van der Waals surface area contributed by atoms with Crippen molar-refractivity contribution >= 4 is 5.69 Å². The molecule has 5 nitrogen and oxygen atoms in total. The van der Waals surface area contributed by atoms with E-state index in [2.05, 4.69) is 22.5 Å². The summed E-state index contributed by atoms with van der Waals surface area (Å²) in [5, 5.41) is 7.90. The predicted molar refractivity (Wildman–Crippen MR) is 93.1 cm³/mol. The van der Waals surface area contributed by atoms with Crippen LogP contribution in [0.2, 0.25) is 0 Å². The zero-order chi connectivity index (χ0) is 16.1. The van der Waals surface area contributed by atoms with E-state index in [1.807, 2.05) is 53.3 Å². The number of rotatable bonds is 6. The maximum Gasteiger partial charge on any atom is 0.144 e. The van der Waals surface area contributed by atoms with Gasteiger partial charge in [0.2, 0.25) is 0 Å². The second kappa shape index (κ2) is 6.98. The molecule has 0 spiro atoms. The van der Waals surface area contributed by atoms with Crippen LogP contribution in [-0.4, -0.2) is 30.0 Å². The lowest BCUT2D eigenvalue weighted by atomic mass is 10.1. The summed E-state index contributed by atoms with van der Waals surface area (Å²) >= 11 is 0. The summed E-state index contributed by atoms with van der Waals surface area (Å²) in [5.41, 5.74) is 9.54. The maximum absolute atomic E-state index is 5.62. The topological polar surface area (TPSA) is 65.1 Å². The SMILES string of the molecule is COc1ccccc1-n1ncc(NCCN)c1-c1ccccc1. The number of anilines is 1. The largest absolute Gasteiger partial charge is 0.494 e. The Morgan fingerprint density at radius 3 is 2.57 bits per heavy atom. The molecule has 5 heteroatoms. The number of benzene rings is 2. The third kappa shape index (κ3) is 3.05. The lowest BCUT2D eigenvalue weighted by Gasteiger charge is -2.13. The van der Waals surface area contributed by atoms with Crippen molar-refractivity contribution in [3.8, 4) is 22.7 Å². The molecular weight excluding hydrogens is 288 g/mol. The molecule has 0 radical (unpaired) electrons. The van der Waals surface area contributed by atoms with E-state index in [9.17, 15) is 0 Å². The molecular formula is C18H20N4O. The van der Waals surface area contributed by atoms with Crippen molar-refractivity contribution in [3.63, 3.8) is 0 Å². The molecule has 118 valence electrons. The first-order valence-electron chi connectivity index (χ1n) is 7.56. The lowest BCUT2D eigenvalue weighted by Crippen LogP contribution is -2.13. The number of ether oxygens (including phenoxy) is 1. The van der Waals surface area contributed by atoms with Gasteiger partial charge in [0, 0.05) is 18.7 Å². The van der Waals surface area contributed by atoms with E-state index in [1.165, 1.54) is 0 Å². The van der Waals surface area contributed by atoms with Gasteiger partial charge in [0.25, 0.3) is 0 Å². The molecule has 0 saturated carbocycles. The minimum atomic E-state index is 0.564. The molecule has 2 aromatic carbocycles. The smallest absolute Gasteiger partial charge is 0.144 e. The van der Waals surface area contributed by atoms with Gasteiger partial charge >= 0.3 is 0 Å². The number of hydrogen-bond donors (Lipinski definition) is 2. The molecule has 0 saturated heterocycles. The highest BCUT2D eigenvalue weighted by Gasteiger charge is 2.16. The van der Waals surface area contributed by atoms with Gasteiger partial charge in [-0.05, 0) is 12.1 Å². The van der Waals surface area contributed by atoms with Gasteiger partial charge in [-0.15, -0.1) is 0 Å². The van der Waals surface area contributed by atoms with E-state index < -0.39 is 0 Å². The van der Waals surface area contributed by atoms with E-state index in [0.717, 1.165) is 28.4 Å². The first kappa shape index (κ1) is 15.1. The molecule has 3 N–H and O–H groups in total. The maximum atomic E-state index is 5.62. The van der Waals surface area contributed by atoms with Crippen LogP contribution in [0.15, 0.2) is 60.8 Å². The third-order valence-corrected chi connectivity index (χ3v) is 3.59. The Balaban J connectivity index is 2.16. The van der Waals surface area contributed by atoms with Crippen LogP contribution in [0.3, 0.4) is 0 Å². The molecule has 0 aliphatic carbocycles. The molecule has 3 aromatic rings. The van der Waals surface area contributed by atoms with E-state index in [0.29, 0.717) is 13.1 Å². The Morgan fingerprint density at radius 1 is 1.09 bits per heavy atom. The zero-order valence-electron chi connectivity index (χ0n) is 13.1. The van der Waals surface area contributed by atoms with E-state index in [-0.39, 0.29) is 0 Å². The standard InChI is InChI=1S/C18H20N4O/c1-23-17-10-6-5-9-16(17)22-18(14-7-3-2-4-8-14)15(13-21-22)20-12-11-19/h2-10,13,20H,11-12,19H2,1H3. The van der Waals surface area contributed by atoms with Crippen LogP contribution in [0.25, 0.3) is 16.9 Å². The third-order valence-electron chi connectivity index (χ3n) is 3.59. The van der Waals surface area contributed by atoms with Crippen LogP contribution in [0.1, 0.15) is 0 Å². The fourth-order valence-corrected chi connectivity index (χ4v) is 2.55. The summed E-state index contributed by atoms with van der Waals surface area (Å²) in [6, 6.07) is 18.0. The van der Waals surface area contributed by atoms with Crippen molar-refractivity contribution < 1.29 is 4.74 Å². The van der Waals surface area contributed by atoms with Crippen molar-refractivity contribution in [2.75, 3.05) is 25.5 Å². The van der Waals surface area contributed by atoms with Gasteiger partial charge in [-0.1, -0.05) is 42.5 Å². The summed E-state index contributed by atoms with van der Waals surface area (Å²) in [5.74, 6) is 0.776. The van der Waals surface area contributed by atoms with Crippen molar-refractivity contribution in [2.45, 2.75) is 0 Å². The average Bonchev–Trinajstić information content (AvgIpc) is 3.04. The van der Waals surface area contributed by atoms with Gasteiger partial charge in [-0.3, -0.25) is 0 Å². The Bertz CT molecular complexity index is 768. The van der Waals surface area contributed by atoms with E-state index in [1.54, 1.807) is 7.11 Å². The molecule has 0 unspecified atom stereocenters. The van der Waals surface area contributed by atoms with Crippen LogP contribution < -0.4 is 15.8 Å². The Labute approximate surface area is 135 Å². The first-order chi connectivity index (χ1) is 11.3. The highest BCUT2D eigenvalue weighted by Crippen LogP contribution is 2.33. The molecule has 0 aliphatic rings. The van der Waals surface area contributed by atoms with Crippen molar-refractivity contribution in [3.05, 3.63) is 60.8 Å². The second-order valence-corrected chi connectivity index (χ2v) is 5.07. The summed E-state index contributed by atoms with van der Waals surface area (Å²) in [7, 11) is 1.66. The normalized spacial score (nSPS) is 10.5. The van der Waals surface area contributed by atoms with Crippen LogP contribution in [-0.2, 0) is 0 Å². The summed E-state index contributed by atoms with van der Waals surface area (Å²) in [4.78, 5) is 0. The number of aromatic nitrogens is 2. The molecule has 1 heterocycles. The summed E-state index contributed by atoms with van der Waals surface area (Å²) < 4.78 is 7.38. The molecule has 0 amide bonds. The minimum absolute atomic E-state index is 0.564. The van der Waals surface area contributed by atoms with Gasteiger partial charge in [0.05, 0.1) is 24.7 Å². The van der Waals surface area contributed by atoms with E-state index >= 15 is 0 Å². The molecule has 0 aliphatic heterocycles. The Morgan fingerprint density at radius 2 is 1.83 bits per heavy atom. The van der Waals surface area contributed by atoms with Gasteiger partial charge in [-0.2, -0.15) is 5.10 Å². The number of hydrogen-bond acceptors (Lipinski definition) is 4. The Kier molecular flexibility index (Phi) is 4.59. The number of para-hydroxylation sites is 2. The van der Waals surface area contributed by atoms with Crippen molar-refractivity contribution in [2.24, 2.45) is 5.73 Å². The average molecular weight is 308 g/mol.